The number of H-pyrrole nitrogens is 1. The molecule has 2 heterocycles. The van der Waals surface area contributed by atoms with Crippen LogP contribution >= 0.6 is 0 Å². The zero-order chi connectivity index (χ0) is 20.8. The Balaban J connectivity index is 1.88. The van der Waals surface area contributed by atoms with Crippen LogP contribution in [0.15, 0.2) is 54.7 Å². The monoisotopic (exact) mass is 388 g/mol. The Morgan fingerprint density at radius 1 is 1.00 bits per heavy atom. The second-order valence-electron chi connectivity index (χ2n) is 7.82. The average molecular weight is 388 g/mol. The Kier molecular flexibility index (Phi) is 4.34. The van der Waals surface area contributed by atoms with Crippen LogP contribution in [0.25, 0.3) is 21.8 Å². The lowest BCUT2D eigenvalue weighted by Crippen LogP contribution is -2.26. The number of carbonyl (C=O) groups is 3. The van der Waals surface area contributed by atoms with Crippen LogP contribution in [0.4, 0.5) is 4.79 Å². The van der Waals surface area contributed by atoms with Gasteiger partial charge in [-0.05, 0) is 32.9 Å². The molecule has 0 spiro atoms. The van der Waals surface area contributed by atoms with Crippen molar-refractivity contribution in [3.8, 4) is 0 Å². The molecule has 2 aromatic carbocycles. The fourth-order valence-corrected chi connectivity index (χ4v) is 3.42. The molecule has 6 heteroatoms. The summed E-state index contributed by atoms with van der Waals surface area (Å²) in [6.07, 6.45) is 1.58. The summed E-state index contributed by atoms with van der Waals surface area (Å²) in [5.74, 6) is -0.359. The minimum absolute atomic E-state index is 0.202. The summed E-state index contributed by atoms with van der Waals surface area (Å²) in [5, 5.41) is 1.29. The van der Waals surface area contributed by atoms with E-state index in [4.69, 9.17) is 4.74 Å². The highest BCUT2D eigenvalue weighted by Crippen LogP contribution is 2.28. The number of fused-ring (bicyclic) bond motifs is 2. The highest BCUT2D eigenvalue weighted by Gasteiger charge is 2.25. The molecule has 0 saturated heterocycles. The topological polar surface area (TPSA) is 81.2 Å². The maximum Gasteiger partial charge on any atom is 0.419 e. The van der Waals surface area contributed by atoms with Gasteiger partial charge in [0.25, 0.3) is 0 Å². The first-order valence-corrected chi connectivity index (χ1v) is 9.24. The number of ketones is 1. The predicted octanol–water partition coefficient (Wildman–Crippen LogP) is 4.95. The van der Waals surface area contributed by atoms with Gasteiger partial charge in [0.05, 0.1) is 22.3 Å². The zero-order valence-corrected chi connectivity index (χ0v) is 16.4. The van der Waals surface area contributed by atoms with Crippen molar-refractivity contribution >= 4 is 40.0 Å². The number of aldehydes is 1. The number of hydrogen-bond donors (Lipinski definition) is 1. The predicted molar refractivity (Wildman–Crippen MR) is 111 cm³/mol. The van der Waals surface area contributed by atoms with E-state index in [9.17, 15) is 14.4 Å². The first-order valence-electron chi connectivity index (χ1n) is 9.24. The lowest BCUT2D eigenvalue weighted by Gasteiger charge is -2.19. The summed E-state index contributed by atoms with van der Waals surface area (Å²) in [6.45, 7) is 5.34. The van der Waals surface area contributed by atoms with Crippen LogP contribution in [-0.4, -0.2) is 33.3 Å². The Hall–Kier alpha value is -3.67. The molecule has 0 radical (unpaired) electrons. The molecular formula is C23H20N2O4. The summed E-state index contributed by atoms with van der Waals surface area (Å²) >= 11 is 0. The zero-order valence-electron chi connectivity index (χ0n) is 16.4. The van der Waals surface area contributed by atoms with Crippen LogP contribution in [0.1, 0.15) is 47.2 Å². The molecule has 2 aromatic heterocycles. The smallest absolute Gasteiger partial charge is 0.419 e. The van der Waals surface area contributed by atoms with Crippen molar-refractivity contribution in [2.24, 2.45) is 0 Å². The Morgan fingerprint density at radius 3 is 2.34 bits per heavy atom. The van der Waals surface area contributed by atoms with E-state index in [2.05, 4.69) is 4.98 Å². The number of rotatable bonds is 3. The third kappa shape index (κ3) is 3.23. The molecule has 0 atom stereocenters. The highest BCUT2D eigenvalue weighted by atomic mass is 16.6. The first kappa shape index (κ1) is 18.7. The number of hydrogen-bond acceptors (Lipinski definition) is 4. The van der Waals surface area contributed by atoms with Gasteiger partial charge < -0.3 is 9.72 Å². The summed E-state index contributed by atoms with van der Waals surface area (Å²) in [5.41, 5.74) is 1.42. The molecular weight excluding hydrogens is 368 g/mol. The Labute approximate surface area is 167 Å². The largest absolute Gasteiger partial charge is 0.443 e. The molecule has 0 aliphatic carbocycles. The van der Waals surface area contributed by atoms with E-state index in [-0.39, 0.29) is 11.5 Å². The van der Waals surface area contributed by atoms with Gasteiger partial charge in [0.1, 0.15) is 5.60 Å². The van der Waals surface area contributed by atoms with Crippen LogP contribution in [-0.2, 0) is 4.74 Å². The summed E-state index contributed by atoms with van der Waals surface area (Å²) < 4.78 is 6.80. The molecule has 0 unspecified atom stereocenters. The quantitative estimate of drug-likeness (QED) is 0.398. The van der Waals surface area contributed by atoms with Crippen molar-refractivity contribution in [2.75, 3.05) is 0 Å². The Bertz CT molecular complexity index is 1270. The van der Waals surface area contributed by atoms with E-state index in [1.165, 1.54) is 10.8 Å². The molecule has 0 fully saturated rings. The number of ether oxygens (including phenoxy) is 1. The third-order valence-electron chi connectivity index (χ3n) is 4.64. The van der Waals surface area contributed by atoms with Gasteiger partial charge in [0, 0.05) is 22.5 Å². The van der Waals surface area contributed by atoms with Crippen molar-refractivity contribution in [3.05, 3.63) is 71.5 Å². The summed E-state index contributed by atoms with van der Waals surface area (Å²) in [7, 11) is 0. The first-order chi connectivity index (χ1) is 13.8. The fraction of sp³-hybridized carbons (Fsp3) is 0.174. The number of aromatic amines is 1. The van der Waals surface area contributed by atoms with E-state index < -0.39 is 11.7 Å². The van der Waals surface area contributed by atoms with Crippen molar-refractivity contribution in [3.63, 3.8) is 0 Å². The van der Waals surface area contributed by atoms with Gasteiger partial charge in [0.15, 0.2) is 6.29 Å². The SMILES string of the molecule is CC(C)(C)OC(=O)n1cc(C(=O)c2[nH]c3ccccc3c2C=O)c2ccccc21. The van der Waals surface area contributed by atoms with Crippen LogP contribution in [0.5, 0.6) is 0 Å². The van der Waals surface area contributed by atoms with E-state index in [0.29, 0.717) is 39.2 Å². The lowest BCUT2D eigenvalue weighted by molar-refractivity contribution is 0.0544. The lowest BCUT2D eigenvalue weighted by atomic mass is 10.0. The van der Waals surface area contributed by atoms with Gasteiger partial charge in [0.2, 0.25) is 5.78 Å². The molecule has 146 valence electrons. The Morgan fingerprint density at radius 2 is 1.66 bits per heavy atom. The molecule has 6 nitrogen and oxygen atoms in total. The second-order valence-corrected chi connectivity index (χ2v) is 7.82. The summed E-state index contributed by atoms with van der Waals surface area (Å²) in [4.78, 5) is 40.8. The third-order valence-corrected chi connectivity index (χ3v) is 4.64. The number of benzene rings is 2. The minimum Gasteiger partial charge on any atom is -0.443 e. The fourth-order valence-electron chi connectivity index (χ4n) is 3.42. The van der Waals surface area contributed by atoms with E-state index in [0.717, 1.165) is 0 Å². The number of aromatic nitrogens is 2. The maximum atomic E-state index is 13.4. The van der Waals surface area contributed by atoms with Gasteiger partial charge in [-0.3, -0.25) is 14.2 Å². The molecule has 0 aliphatic heterocycles. The van der Waals surface area contributed by atoms with Gasteiger partial charge in [-0.1, -0.05) is 36.4 Å². The maximum absolute atomic E-state index is 13.4. The molecule has 4 aromatic rings. The van der Waals surface area contributed by atoms with Gasteiger partial charge in [-0.15, -0.1) is 0 Å². The highest BCUT2D eigenvalue weighted by molar-refractivity contribution is 6.21. The van der Waals surface area contributed by atoms with Crippen LogP contribution in [0, 0.1) is 0 Å². The number of carbonyl (C=O) groups excluding carboxylic acids is 3. The molecule has 0 amide bonds. The van der Waals surface area contributed by atoms with Crippen molar-refractivity contribution < 1.29 is 19.1 Å². The van der Waals surface area contributed by atoms with E-state index in [1.54, 1.807) is 51.1 Å². The molecule has 0 bridgehead atoms. The van der Waals surface area contributed by atoms with Gasteiger partial charge >= 0.3 is 6.09 Å². The van der Waals surface area contributed by atoms with Crippen molar-refractivity contribution in [1.82, 2.24) is 9.55 Å². The molecule has 0 aliphatic rings. The normalized spacial score (nSPS) is 11.7. The number of nitrogens with zero attached hydrogens (tertiary/aromatic N) is 1. The molecule has 4 rings (SSSR count). The molecule has 29 heavy (non-hydrogen) atoms. The van der Waals surface area contributed by atoms with E-state index in [1.807, 2.05) is 18.2 Å². The molecule has 1 N–H and O–H groups in total. The summed E-state index contributed by atoms with van der Waals surface area (Å²) in [6, 6.07) is 14.3. The number of nitrogens with one attached hydrogen (secondary N) is 1. The van der Waals surface area contributed by atoms with Gasteiger partial charge in [-0.2, -0.15) is 0 Å². The average Bonchev–Trinajstić information content (AvgIpc) is 3.25. The van der Waals surface area contributed by atoms with Crippen LogP contribution in [0.2, 0.25) is 0 Å². The van der Waals surface area contributed by atoms with Crippen LogP contribution < -0.4 is 0 Å². The van der Waals surface area contributed by atoms with Gasteiger partial charge in [-0.25, -0.2) is 4.79 Å². The van der Waals surface area contributed by atoms with Crippen molar-refractivity contribution in [2.45, 2.75) is 26.4 Å². The molecule has 0 saturated carbocycles. The second kappa shape index (κ2) is 6.74. The van der Waals surface area contributed by atoms with Crippen molar-refractivity contribution in [1.29, 1.82) is 0 Å². The number of para-hydroxylation sites is 2. The minimum atomic E-state index is -0.672. The van der Waals surface area contributed by atoms with E-state index >= 15 is 0 Å². The van der Waals surface area contributed by atoms with Crippen LogP contribution in [0.3, 0.4) is 0 Å². The standard InChI is InChI=1S/C23H20N2O4/c1-23(2,3)29-22(28)25-12-16(15-9-5-7-11-19(15)25)21(27)20-17(13-26)14-8-4-6-10-18(14)24-20/h4-13,24H,1-3H3.